The van der Waals surface area contributed by atoms with Crippen LogP contribution in [-0.4, -0.2) is 36.1 Å². The number of ether oxygens (including phenoxy) is 1. The Morgan fingerprint density at radius 2 is 2.25 bits per heavy atom. The minimum Gasteiger partial charge on any atom is -0.497 e. The fraction of sp³-hybridized carbons (Fsp3) is 0.389. The van der Waals surface area contributed by atoms with Crippen molar-refractivity contribution in [1.82, 2.24) is 9.97 Å². The van der Waals surface area contributed by atoms with Crippen LogP contribution in [0.2, 0.25) is 0 Å². The van der Waals surface area contributed by atoms with Gasteiger partial charge in [0.2, 0.25) is 5.95 Å². The first-order valence-corrected chi connectivity index (χ1v) is 8.19. The number of nitrogens with one attached hydrogen (secondary N) is 1. The van der Waals surface area contributed by atoms with Gasteiger partial charge in [-0.3, -0.25) is 4.79 Å². The number of amides is 1. The van der Waals surface area contributed by atoms with Gasteiger partial charge in [-0.15, -0.1) is 0 Å². The van der Waals surface area contributed by atoms with E-state index in [0.717, 1.165) is 19.5 Å². The zero-order chi connectivity index (χ0) is 16.9. The van der Waals surface area contributed by atoms with Crippen molar-refractivity contribution in [2.45, 2.75) is 19.8 Å². The lowest BCUT2D eigenvalue weighted by atomic mass is 10.0. The number of carbonyl (C=O) groups is 1. The normalized spacial score (nSPS) is 17.4. The average Bonchev–Trinajstić information content (AvgIpc) is 2.62. The van der Waals surface area contributed by atoms with Crippen LogP contribution in [0.5, 0.6) is 5.75 Å². The Labute approximate surface area is 141 Å². The Morgan fingerprint density at radius 3 is 3.04 bits per heavy atom. The number of hydrogen-bond acceptors (Lipinski definition) is 5. The number of methoxy groups -OCH3 is 1. The third-order valence-electron chi connectivity index (χ3n) is 4.14. The quantitative estimate of drug-likeness (QED) is 0.935. The lowest BCUT2D eigenvalue weighted by Crippen LogP contribution is -2.35. The zero-order valence-electron chi connectivity index (χ0n) is 14.0. The summed E-state index contributed by atoms with van der Waals surface area (Å²) in [6, 6.07) is 8.87. The molecule has 0 radical (unpaired) electrons. The number of hydrogen-bond donors (Lipinski definition) is 1. The molecule has 1 unspecified atom stereocenters. The molecule has 24 heavy (non-hydrogen) atoms. The van der Waals surface area contributed by atoms with Crippen LogP contribution in [0, 0.1) is 5.92 Å². The molecule has 1 fully saturated rings. The van der Waals surface area contributed by atoms with E-state index in [1.165, 1.54) is 6.42 Å². The van der Waals surface area contributed by atoms with E-state index in [2.05, 4.69) is 27.1 Å². The van der Waals surface area contributed by atoms with Crippen molar-refractivity contribution in [3.05, 3.63) is 42.2 Å². The number of nitrogens with zero attached hydrogens (tertiary/aromatic N) is 3. The lowest BCUT2D eigenvalue weighted by molar-refractivity contribution is 0.102. The second-order valence-corrected chi connectivity index (χ2v) is 6.12. The Kier molecular flexibility index (Phi) is 4.93. The topological polar surface area (TPSA) is 67.3 Å². The van der Waals surface area contributed by atoms with E-state index in [4.69, 9.17) is 4.74 Å². The SMILES string of the molecule is COc1cccc(NC(=O)c2ccnc(N3CCCC(C)C3)n2)c1. The van der Waals surface area contributed by atoms with Crippen molar-refractivity contribution in [2.24, 2.45) is 5.92 Å². The fourth-order valence-corrected chi connectivity index (χ4v) is 2.89. The van der Waals surface area contributed by atoms with Gasteiger partial charge < -0.3 is 15.0 Å². The Hall–Kier alpha value is -2.63. The van der Waals surface area contributed by atoms with Gasteiger partial charge in [-0.1, -0.05) is 13.0 Å². The standard InChI is InChI=1S/C18H22N4O2/c1-13-5-4-10-22(12-13)18-19-9-8-16(21-18)17(23)20-14-6-3-7-15(11-14)24-2/h3,6-9,11,13H,4-5,10,12H2,1-2H3,(H,20,23). The van der Waals surface area contributed by atoms with E-state index >= 15 is 0 Å². The third kappa shape index (κ3) is 3.82. The Balaban J connectivity index is 1.74. The van der Waals surface area contributed by atoms with Gasteiger partial charge >= 0.3 is 0 Å². The zero-order valence-corrected chi connectivity index (χ0v) is 14.0. The van der Waals surface area contributed by atoms with E-state index in [0.29, 0.717) is 29.0 Å². The highest BCUT2D eigenvalue weighted by Crippen LogP contribution is 2.20. The summed E-state index contributed by atoms with van der Waals surface area (Å²) in [6.07, 6.45) is 4.00. The van der Waals surface area contributed by atoms with Crippen LogP contribution in [-0.2, 0) is 0 Å². The van der Waals surface area contributed by atoms with Crippen molar-refractivity contribution < 1.29 is 9.53 Å². The molecular formula is C18H22N4O2. The molecule has 6 heteroatoms. The molecule has 2 heterocycles. The second kappa shape index (κ2) is 7.29. The summed E-state index contributed by atoms with van der Waals surface area (Å²) in [6.45, 7) is 4.10. The minimum absolute atomic E-state index is 0.253. The maximum absolute atomic E-state index is 12.5. The first-order chi connectivity index (χ1) is 11.7. The number of piperidine rings is 1. The summed E-state index contributed by atoms with van der Waals surface area (Å²) < 4.78 is 5.17. The van der Waals surface area contributed by atoms with Gasteiger partial charge in [-0.2, -0.15) is 0 Å². The van der Waals surface area contributed by atoms with Gasteiger partial charge in [-0.25, -0.2) is 9.97 Å². The molecule has 1 N–H and O–H groups in total. The summed E-state index contributed by atoms with van der Waals surface area (Å²) in [4.78, 5) is 23.4. The molecule has 1 aromatic carbocycles. The van der Waals surface area contributed by atoms with Gasteiger partial charge in [0.15, 0.2) is 0 Å². The predicted octanol–water partition coefficient (Wildman–Crippen LogP) is 2.97. The van der Waals surface area contributed by atoms with Crippen LogP contribution >= 0.6 is 0 Å². The van der Waals surface area contributed by atoms with Gasteiger partial charge in [-0.05, 0) is 37.0 Å². The van der Waals surface area contributed by atoms with E-state index < -0.39 is 0 Å². The third-order valence-corrected chi connectivity index (χ3v) is 4.14. The maximum Gasteiger partial charge on any atom is 0.274 e. The number of aromatic nitrogens is 2. The van der Waals surface area contributed by atoms with Crippen molar-refractivity contribution in [1.29, 1.82) is 0 Å². The van der Waals surface area contributed by atoms with E-state index in [9.17, 15) is 4.79 Å². The van der Waals surface area contributed by atoms with Crippen LogP contribution in [0.25, 0.3) is 0 Å². The molecule has 1 saturated heterocycles. The van der Waals surface area contributed by atoms with Crippen LogP contribution in [0.15, 0.2) is 36.5 Å². The molecule has 1 aliphatic heterocycles. The number of rotatable bonds is 4. The van der Waals surface area contributed by atoms with Crippen molar-refractivity contribution in [3.63, 3.8) is 0 Å². The van der Waals surface area contributed by atoms with Crippen molar-refractivity contribution in [3.8, 4) is 5.75 Å². The Morgan fingerprint density at radius 1 is 1.38 bits per heavy atom. The molecule has 126 valence electrons. The van der Waals surface area contributed by atoms with Crippen molar-refractivity contribution in [2.75, 3.05) is 30.4 Å². The first-order valence-electron chi connectivity index (χ1n) is 8.19. The van der Waals surface area contributed by atoms with E-state index in [1.807, 2.05) is 18.2 Å². The second-order valence-electron chi connectivity index (χ2n) is 6.12. The first kappa shape index (κ1) is 16.2. The average molecular weight is 326 g/mol. The molecule has 0 spiro atoms. The summed E-state index contributed by atoms with van der Waals surface area (Å²) in [5.74, 6) is 1.69. The highest BCUT2D eigenvalue weighted by atomic mass is 16.5. The number of carbonyl (C=O) groups excluding carboxylic acids is 1. The van der Waals surface area contributed by atoms with Crippen LogP contribution in [0.4, 0.5) is 11.6 Å². The summed E-state index contributed by atoms with van der Waals surface area (Å²) in [5, 5.41) is 2.84. The molecule has 2 aromatic rings. The largest absolute Gasteiger partial charge is 0.497 e. The molecule has 3 rings (SSSR count). The molecule has 1 aromatic heterocycles. The summed E-state index contributed by atoms with van der Waals surface area (Å²) >= 11 is 0. The molecule has 0 bridgehead atoms. The van der Waals surface area contributed by atoms with Crippen LogP contribution in [0.3, 0.4) is 0 Å². The van der Waals surface area contributed by atoms with Gasteiger partial charge in [0, 0.05) is 31.0 Å². The molecule has 1 amide bonds. The Bertz CT molecular complexity index is 720. The maximum atomic E-state index is 12.5. The van der Waals surface area contributed by atoms with Gasteiger partial charge in [0.05, 0.1) is 7.11 Å². The van der Waals surface area contributed by atoms with Crippen LogP contribution < -0.4 is 15.0 Å². The molecular weight excluding hydrogens is 304 g/mol. The monoisotopic (exact) mass is 326 g/mol. The molecule has 1 aliphatic rings. The molecule has 6 nitrogen and oxygen atoms in total. The summed E-state index contributed by atoms with van der Waals surface area (Å²) in [5.41, 5.74) is 1.03. The van der Waals surface area contributed by atoms with E-state index in [1.54, 1.807) is 25.4 Å². The van der Waals surface area contributed by atoms with Gasteiger partial charge in [0.25, 0.3) is 5.91 Å². The smallest absolute Gasteiger partial charge is 0.274 e. The number of benzene rings is 1. The molecule has 0 aliphatic carbocycles. The minimum atomic E-state index is -0.253. The molecule has 1 atom stereocenters. The van der Waals surface area contributed by atoms with Gasteiger partial charge in [0.1, 0.15) is 11.4 Å². The summed E-state index contributed by atoms with van der Waals surface area (Å²) in [7, 11) is 1.59. The predicted molar refractivity (Wildman–Crippen MR) is 93.6 cm³/mol. The lowest BCUT2D eigenvalue weighted by Gasteiger charge is -2.30. The van der Waals surface area contributed by atoms with E-state index in [-0.39, 0.29) is 5.91 Å². The fourth-order valence-electron chi connectivity index (χ4n) is 2.89. The highest BCUT2D eigenvalue weighted by molar-refractivity contribution is 6.03. The van der Waals surface area contributed by atoms with Crippen molar-refractivity contribution >= 4 is 17.5 Å². The van der Waals surface area contributed by atoms with Crippen LogP contribution in [0.1, 0.15) is 30.3 Å². The molecule has 0 saturated carbocycles. The highest BCUT2D eigenvalue weighted by Gasteiger charge is 2.19. The number of anilines is 2.